The van der Waals surface area contributed by atoms with Crippen molar-refractivity contribution in [2.75, 3.05) is 13.7 Å². The van der Waals surface area contributed by atoms with Crippen LogP contribution in [0.5, 0.6) is 0 Å². The number of carbonyl (C=O) groups is 1. The van der Waals surface area contributed by atoms with Gasteiger partial charge in [-0.2, -0.15) is 0 Å². The molecule has 0 amide bonds. The Bertz CT molecular complexity index is 690. The van der Waals surface area contributed by atoms with E-state index in [4.69, 9.17) is 21.4 Å². The maximum Gasteiger partial charge on any atom is 0.346 e. The first-order valence-corrected chi connectivity index (χ1v) is 6.55. The number of aliphatic carboxylic acids is 1. The average molecular weight is 312 g/mol. The van der Waals surface area contributed by atoms with Gasteiger partial charge < -0.3 is 9.84 Å². The highest BCUT2D eigenvalue weighted by Crippen LogP contribution is 2.18. The van der Waals surface area contributed by atoms with Gasteiger partial charge in [0.05, 0.1) is 13.2 Å². The van der Waals surface area contributed by atoms with Crippen LogP contribution in [-0.4, -0.2) is 39.1 Å². The minimum atomic E-state index is -1.13. The predicted molar refractivity (Wildman–Crippen MR) is 76.4 cm³/mol. The second-order valence-corrected chi connectivity index (χ2v) is 4.75. The van der Waals surface area contributed by atoms with E-state index in [0.717, 1.165) is 4.68 Å². The zero-order valence-electron chi connectivity index (χ0n) is 11.3. The van der Waals surface area contributed by atoms with E-state index in [9.17, 15) is 9.59 Å². The largest absolute Gasteiger partial charge is 0.480 e. The molecule has 0 aliphatic carbocycles. The summed E-state index contributed by atoms with van der Waals surface area (Å²) in [5.74, 6) is -0.744. The van der Waals surface area contributed by atoms with Gasteiger partial charge in [-0.25, -0.2) is 9.48 Å². The van der Waals surface area contributed by atoms with Crippen LogP contribution < -0.4 is 5.69 Å². The molecule has 0 radical (unpaired) electrons. The number of hydrogen-bond acceptors (Lipinski definition) is 4. The van der Waals surface area contributed by atoms with Crippen molar-refractivity contribution in [3.05, 3.63) is 39.8 Å². The van der Waals surface area contributed by atoms with Crippen LogP contribution in [0.1, 0.15) is 0 Å². The number of carboxylic acid groups (broad SMARTS) is 1. The summed E-state index contributed by atoms with van der Waals surface area (Å²) in [6.07, 6.45) is 0. The Balaban J connectivity index is 2.49. The second-order valence-electron chi connectivity index (χ2n) is 4.31. The van der Waals surface area contributed by atoms with Gasteiger partial charge in [0.2, 0.25) is 0 Å². The summed E-state index contributed by atoms with van der Waals surface area (Å²) in [7, 11) is 1.52. The fourth-order valence-electron chi connectivity index (χ4n) is 1.87. The number of aromatic nitrogens is 3. The summed E-state index contributed by atoms with van der Waals surface area (Å²) in [4.78, 5) is 23.0. The molecular weight excluding hydrogens is 298 g/mol. The van der Waals surface area contributed by atoms with E-state index >= 15 is 0 Å². The topological polar surface area (TPSA) is 86.3 Å². The summed E-state index contributed by atoms with van der Waals surface area (Å²) in [5, 5.41) is 13.5. The molecule has 0 saturated heterocycles. The maximum atomic E-state index is 12.2. The fraction of sp³-hybridized carbons (Fsp3) is 0.308. The van der Waals surface area contributed by atoms with Gasteiger partial charge in [0.1, 0.15) is 6.54 Å². The second kappa shape index (κ2) is 6.55. The lowest BCUT2D eigenvalue weighted by atomic mass is 10.2. The molecule has 2 aromatic rings. The number of benzene rings is 1. The number of rotatable bonds is 6. The van der Waals surface area contributed by atoms with Crippen molar-refractivity contribution in [1.82, 2.24) is 14.3 Å². The van der Waals surface area contributed by atoms with Crippen molar-refractivity contribution >= 4 is 17.6 Å². The molecule has 0 atom stereocenters. The van der Waals surface area contributed by atoms with Crippen molar-refractivity contribution in [2.24, 2.45) is 0 Å². The molecule has 7 nitrogen and oxygen atoms in total. The lowest BCUT2D eigenvalue weighted by Gasteiger charge is -2.04. The highest BCUT2D eigenvalue weighted by atomic mass is 35.5. The number of halogens is 1. The highest BCUT2D eigenvalue weighted by Gasteiger charge is 2.16. The first-order chi connectivity index (χ1) is 10.0. The lowest BCUT2D eigenvalue weighted by molar-refractivity contribution is -0.137. The molecule has 0 bridgehead atoms. The third-order valence-electron chi connectivity index (χ3n) is 2.83. The molecule has 1 N–H and O–H groups in total. The van der Waals surface area contributed by atoms with Crippen LogP contribution in [0, 0.1) is 0 Å². The third-order valence-corrected chi connectivity index (χ3v) is 3.08. The van der Waals surface area contributed by atoms with E-state index < -0.39 is 18.2 Å². The average Bonchev–Trinajstić information content (AvgIpc) is 2.74. The minimum Gasteiger partial charge on any atom is -0.480 e. The molecular formula is C13H14ClN3O4. The van der Waals surface area contributed by atoms with Gasteiger partial charge in [0.15, 0.2) is 5.82 Å². The van der Waals surface area contributed by atoms with Gasteiger partial charge in [-0.05, 0) is 24.3 Å². The van der Waals surface area contributed by atoms with Gasteiger partial charge in [-0.15, -0.1) is 5.10 Å². The highest BCUT2D eigenvalue weighted by molar-refractivity contribution is 6.30. The van der Waals surface area contributed by atoms with E-state index in [1.165, 1.54) is 11.7 Å². The monoisotopic (exact) mass is 311 g/mol. The summed E-state index contributed by atoms with van der Waals surface area (Å²) < 4.78 is 7.27. The summed E-state index contributed by atoms with van der Waals surface area (Å²) in [6, 6.07) is 6.80. The van der Waals surface area contributed by atoms with E-state index in [1.807, 2.05) is 0 Å². The number of hydrogen-bond donors (Lipinski definition) is 1. The zero-order chi connectivity index (χ0) is 15.4. The SMILES string of the molecule is COCCn1c(-c2ccc(Cl)cc2)nn(CC(=O)O)c1=O. The standard InChI is InChI=1S/C13H14ClN3O4/c1-21-7-6-16-12(9-2-4-10(14)5-3-9)15-17(13(16)20)8-11(18)19/h2-5H,6-8H2,1H3,(H,18,19). The molecule has 1 aromatic carbocycles. The first kappa shape index (κ1) is 15.3. The van der Waals surface area contributed by atoms with Crippen LogP contribution in [-0.2, 0) is 22.6 Å². The van der Waals surface area contributed by atoms with Gasteiger partial charge in [0, 0.05) is 17.7 Å². The molecule has 8 heteroatoms. The molecule has 1 heterocycles. The molecule has 0 fully saturated rings. The van der Waals surface area contributed by atoms with Crippen LogP contribution in [0.2, 0.25) is 5.02 Å². The Labute approximate surface area is 125 Å². The Morgan fingerprint density at radius 2 is 2.05 bits per heavy atom. The smallest absolute Gasteiger partial charge is 0.346 e. The maximum absolute atomic E-state index is 12.2. The van der Waals surface area contributed by atoms with Crippen molar-refractivity contribution in [2.45, 2.75) is 13.1 Å². The van der Waals surface area contributed by atoms with Gasteiger partial charge in [0.25, 0.3) is 0 Å². The summed E-state index contributed by atoms with van der Waals surface area (Å²) in [5.41, 5.74) is 0.191. The van der Waals surface area contributed by atoms with Crippen molar-refractivity contribution in [3.8, 4) is 11.4 Å². The molecule has 1 aromatic heterocycles. The van der Waals surface area contributed by atoms with Crippen LogP contribution in [0.4, 0.5) is 0 Å². The van der Waals surface area contributed by atoms with E-state index in [0.29, 0.717) is 23.0 Å². The Morgan fingerprint density at radius 3 is 2.62 bits per heavy atom. The van der Waals surface area contributed by atoms with Crippen molar-refractivity contribution in [3.63, 3.8) is 0 Å². The Hall–Kier alpha value is -2.12. The summed E-state index contributed by atoms with van der Waals surface area (Å²) in [6.45, 7) is 0.117. The van der Waals surface area contributed by atoms with Gasteiger partial charge in [-0.3, -0.25) is 9.36 Å². The van der Waals surface area contributed by atoms with E-state index in [-0.39, 0.29) is 6.54 Å². The predicted octanol–water partition coefficient (Wildman–Crippen LogP) is 1.10. The van der Waals surface area contributed by atoms with Crippen molar-refractivity contribution < 1.29 is 14.6 Å². The molecule has 0 aliphatic heterocycles. The lowest BCUT2D eigenvalue weighted by Crippen LogP contribution is -2.28. The van der Waals surface area contributed by atoms with Crippen molar-refractivity contribution in [1.29, 1.82) is 0 Å². The van der Waals surface area contributed by atoms with Crippen LogP contribution in [0.15, 0.2) is 29.1 Å². The number of ether oxygens (including phenoxy) is 1. The zero-order valence-corrected chi connectivity index (χ0v) is 12.1. The Kier molecular flexibility index (Phi) is 4.77. The quantitative estimate of drug-likeness (QED) is 0.863. The van der Waals surface area contributed by atoms with Crippen LogP contribution >= 0.6 is 11.6 Å². The molecule has 21 heavy (non-hydrogen) atoms. The normalized spacial score (nSPS) is 10.8. The molecule has 0 unspecified atom stereocenters. The van der Waals surface area contributed by atoms with Crippen LogP contribution in [0.3, 0.4) is 0 Å². The van der Waals surface area contributed by atoms with Gasteiger partial charge in [-0.1, -0.05) is 11.6 Å². The summed E-state index contributed by atoms with van der Waals surface area (Å²) >= 11 is 5.84. The molecule has 0 saturated carbocycles. The molecule has 0 spiro atoms. The number of nitrogens with zero attached hydrogens (tertiary/aromatic N) is 3. The van der Waals surface area contributed by atoms with Gasteiger partial charge >= 0.3 is 11.7 Å². The number of methoxy groups -OCH3 is 1. The minimum absolute atomic E-state index is 0.285. The molecule has 0 aliphatic rings. The molecule has 2 rings (SSSR count). The van der Waals surface area contributed by atoms with E-state index in [2.05, 4.69) is 5.10 Å². The third kappa shape index (κ3) is 3.50. The fourth-order valence-corrected chi connectivity index (χ4v) is 1.99. The van der Waals surface area contributed by atoms with E-state index in [1.54, 1.807) is 24.3 Å². The Morgan fingerprint density at radius 1 is 1.38 bits per heavy atom. The first-order valence-electron chi connectivity index (χ1n) is 6.17. The number of carboxylic acids is 1. The van der Waals surface area contributed by atoms with Crippen LogP contribution in [0.25, 0.3) is 11.4 Å². The molecule has 112 valence electrons.